The number of thiazole rings is 1. The first kappa shape index (κ1) is 26.1. The quantitative estimate of drug-likeness (QED) is 0.238. The van der Waals surface area contributed by atoms with Gasteiger partial charge < -0.3 is 16.2 Å². The van der Waals surface area contributed by atoms with Crippen LogP contribution < -0.4 is 21.5 Å². The lowest BCUT2D eigenvalue weighted by Gasteiger charge is -2.20. The maximum atomic E-state index is 13.9. The Bertz CT molecular complexity index is 1500. The number of rotatable bonds is 8. The average Bonchev–Trinajstić information content (AvgIpc) is 3.38. The number of aromatic nitrogens is 3. The van der Waals surface area contributed by atoms with E-state index in [-0.39, 0.29) is 28.8 Å². The Morgan fingerprint density at radius 1 is 1.31 bits per heavy atom. The highest BCUT2D eigenvalue weighted by Crippen LogP contribution is 2.45. The maximum Gasteiger partial charge on any atom is 0.271 e. The summed E-state index contributed by atoms with van der Waals surface area (Å²) in [6, 6.07) is -0.449. The van der Waals surface area contributed by atoms with E-state index < -0.39 is 12.1 Å². The third-order valence-corrected chi connectivity index (χ3v) is 9.65. The molecule has 5 N–H and O–H groups in total. The number of pyridine rings is 1. The van der Waals surface area contributed by atoms with Crippen LogP contribution >= 0.6 is 22.9 Å². The van der Waals surface area contributed by atoms with Gasteiger partial charge in [-0.25, -0.2) is 9.97 Å². The molecular weight excluding hydrogens is 534 g/mol. The van der Waals surface area contributed by atoms with E-state index in [4.69, 9.17) is 15.7 Å². The van der Waals surface area contributed by atoms with E-state index in [1.165, 1.54) is 40.9 Å². The molecule has 2 aliphatic carbocycles. The molecule has 0 saturated heterocycles. The smallest absolute Gasteiger partial charge is 0.271 e. The fourth-order valence-electron chi connectivity index (χ4n) is 5.52. The Kier molecular flexibility index (Phi) is 7.02. The molecule has 2 unspecified atom stereocenters. The van der Waals surface area contributed by atoms with Gasteiger partial charge in [0.25, 0.3) is 11.5 Å². The van der Waals surface area contributed by atoms with E-state index in [0.717, 1.165) is 55.1 Å². The van der Waals surface area contributed by atoms with Crippen LogP contribution in [0.3, 0.4) is 0 Å². The molecule has 3 aromatic heterocycles. The minimum absolute atomic E-state index is 0.0540. The number of H-pyrrole nitrogens is 1. The van der Waals surface area contributed by atoms with E-state index in [9.17, 15) is 14.7 Å². The Morgan fingerprint density at radius 3 is 2.87 bits per heavy atom. The van der Waals surface area contributed by atoms with Crippen molar-refractivity contribution in [2.24, 2.45) is 10.7 Å². The van der Waals surface area contributed by atoms with Crippen molar-refractivity contribution in [3.05, 3.63) is 49.4 Å². The lowest BCUT2D eigenvalue weighted by Crippen LogP contribution is -2.29. The van der Waals surface area contributed by atoms with Crippen LogP contribution in [0.25, 0.3) is 0 Å². The molecule has 3 aliphatic rings. The Hall–Kier alpha value is -3.09. The van der Waals surface area contributed by atoms with Crippen LogP contribution in [0.5, 0.6) is 0 Å². The second-order valence-electron chi connectivity index (χ2n) is 10.6. The number of aliphatic hydroxyl groups excluding tert-OH is 1. The van der Waals surface area contributed by atoms with E-state index in [0.29, 0.717) is 28.0 Å². The molecule has 39 heavy (non-hydrogen) atoms. The monoisotopic (exact) mass is 567 g/mol. The van der Waals surface area contributed by atoms with Crippen LogP contribution in [-0.2, 0) is 19.3 Å². The molecule has 0 spiro atoms. The SMILES string of the molecule is CCC(O)C(C)N=C(N)c1c(Nc2nc(C3CC3)c(C(=O)N3CCc4c3ncc3c4CCCC3)s2)s[nH]c1=O. The Morgan fingerprint density at radius 2 is 2.10 bits per heavy atom. The Labute approximate surface area is 234 Å². The minimum atomic E-state index is -0.651. The summed E-state index contributed by atoms with van der Waals surface area (Å²) in [6.07, 6.45) is 9.21. The fourth-order valence-corrected chi connectivity index (χ4v) is 7.33. The van der Waals surface area contributed by atoms with Gasteiger partial charge in [-0.2, -0.15) is 0 Å². The number of aliphatic imine (C=N–C) groups is 1. The number of anilines is 3. The number of aromatic amines is 1. The molecule has 0 bridgehead atoms. The number of carbonyl (C=O) groups excluding carboxylic acids is 1. The van der Waals surface area contributed by atoms with Crippen LogP contribution in [-0.4, -0.2) is 49.9 Å². The highest BCUT2D eigenvalue weighted by Gasteiger charge is 2.37. The highest BCUT2D eigenvalue weighted by molar-refractivity contribution is 7.18. The van der Waals surface area contributed by atoms with Crippen molar-refractivity contribution >= 4 is 50.6 Å². The largest absolute Gasteiger partial charge is 0.391 e. The van der Waals surface area contributed by atoms with Gasteiger partial charge in [0, 0.05) is 24.2 Å². The third kappa shape index (κ3) is 4.89. The number of hydrogen-bond donors (Lipinski definition) is 4. The Balaban J connectivity index is 1.29. The van der Waals surface area contributed by atoms with Crippen molar-refractivity contribution < 1.29 is 9.90 Å². The second kappa shape index (κ2) is 10.5. The predicted molar refractivity (Wildman–Crippen MR) is 155 cm³/mol. The van der Waals surface area contributed by atoms with E-state index in [1.54, 1.807) is 6.92 Å². The minimum Gasteiger partial charge on any atom is -0.391 e. The zero-order valence-electron chi connectivity index (χ0n) is 22.1. The summed E-state index contributed by atoms with van der Waals surface area (Å²) in [5, 5.41) is 14.3. The number of aryl methyl sites for hydroxylation is 1. The normalized spacial score (nSPS) is 18.5. The van der Waals surface area contributed by atoms with Crippen molar-refractivity contribution in [1.82, 2.24) is 14.3 Å². The van der Waals surface area contributed by atoms with Gasteiger partial charge in [0.2, 0.25) is 0 Å². The zero-order valence-corrected chi connectivity index (χ0v) is 23.8. The zero-order chi connectivity index (χ0) is 27.3. The number of nitrogens with two attached hydrogens (primary N) is 1. The molecule has 1 fully saturated rings. The van der Waals surface area contributed by atoms with Gasteiger partial charge >= 0.3 is 0 Å². The molecule has 206 valence electrons. The van der Waals surface area contributed by atoms with Crippen molar-refractivity contribution in [3.8, 4) is 0 Å². The molecule has 6 rings (SSSR count). The fraction of sp³-hybridized carbons (Fsp3) is 0.519. The topological polar surface area (TPSA) is 150 Å². The summed E-state index contributed by atoms with van der Waals surface area (Å²) in [5.41, 5.74) is 10.8. The van der Waals surface area contributed by atoms with Crippen LogP contribution in [0, 0.1) is 0 Å². The van der Waals surface area contributed by atoms with Crippen molar-refractivity contribution in [2.45, 2.75) is 83.3 Å². The molecule has 1 saturated carbocycles. The molecule has 0 aromatic carbocycles. The number of aliphatic hydroxyl groups is 1. The first-order valence-corrected chi connectivity index (χ1v) is 15.3. The summed E-state index contributed by atoms with van der Waals surface area (Å²) in [5.74, 6) is 1.05. The van der Waals surface area contributed by atoms with Gasteiger partial charge in [-0.1, -0.05) is 18.3 Å². The van der Waals surface area contributed by atoms with Crippen molar-refractivity contribution in [2.75, 3.05) is 16.8 Å². The molecule has 12 heteroatoms. The van der Waals surface area contributed by atoms with Gasteiger partial charge in [0.15, 0.2) is 5.13 Å². The molecule has 1 amide bonds. The molecular formula is C27H33N7O3S2. The summed E-state index contributed by atoms with van der Waals surface area (Å²) in [4.78, 5) is 42.8. The van der Waals surface area contributed by atoms with Gasteiger partial charge in [0.05, 0.1) is 17.8 Å². The van der Waals surface area contributed by atoms with Gasteiger partial charge in [-0.3, -0.25) is 23.9 Å². The first-order chi connectivity index (χ1) is 18.9. The lowest BCUT2D eigenvalue weighted by molar-refractivity contribution is 0.0991. The van der Waals surface area contributed by atoms with Gasteiger partial charge in [-0.05, 0) is 80.9 Å². The van der Waals surface area contributed by atoms with E-state index in [2.05, 4.69) is 14.7 Å². The van der Waals surface area contributed by atoms with E-state index in [1.807, 2.05) is 18.0 Å². The number of nitrogens with one attached hydrogen (secondary N) is 2. The number of amides is 1. The number of hydrogen-bond acceptors (Lipinski definition) is 9. The van der Waals surface area contributed by atoms with Gasteiger partial charge in [-0.15, -0.1) is 0 Å². The summed E-state index contributed by atoms with van der Waals surface area (Å²) < 4.78 is 2.71. The molecule has 0 radical (unpaired) electrons. The number of nitrogens with zero attached hydrogens (tertiary/aromatic N) is 4. The molecule has 4 heterocycles. The van der Waals surface area contributed by atoms with Crippen LogP contribution in [0.1, 0.15) is 89.5 Å². The molecule has 1 aliphatic heterocycles. The van der Waals surface area contributed by atoms with Gasteiger partial charge in [0.1, 0.15) is 27.1 Å². The van der Waals surface area contributed by atoms with E-state index >= 15 is 0 Å². The number of fused-ring (bicyclic) bond motifs is 3. The highest BCUT2D eigenvalue weighted by atomic mass is 32.1. The average molecular weight is 568 g/mol. The number of carbonyl (C=O) groups is 1. The molecule has 10 nitrogen and oxygen atoms in total. The standard InChI is InChI=1S/C27H33N7O3S2/c1-3-18(35)13(2)30-22(28)19-24(36)33-39-25(19)32-27-31-20(14-8-9-14)21(38-27)26(37)34-11-10-17-16-7-5-4-6-15(16)12-29-23(17)34/h12-14,18,35H,3-11H2,1-2H3,(H2,28,30)(H,31,32)(H,33,36). The van der Waals surface area contributed by atoms with Crippen LogP contribution in [0.2, 0.25) is 0 Å². The molecule has 3 aromatic rings. The first-order valence-electron chi connectivity index (χ1n) is 13.7. The summed E-state index contributed by atoms with van der Waals surface area (Å²) in [6.45, 7) is 4.25. The third-order valence-electron chi connectivity index (χ3n) is 7.88. The lowest BCUT2D eigenvalue weighted by atomic mass is 9.89. The van der Waals surface area contributed by atoms with Crippen LogP contribution in [0.15, 0.2) is 16.0 Å². The van der Waals surface area contributed by atoms with Crippen LogP contribution in [0.4, 0.5) is 16.0 Å². The maximum absolute atomic E-state index is 13.9. The second-order valence-corrected chi connectivity index (χ2v) is 12.4. The van der Waals surface area contributed by atoms with Crippen molar-refractivity contribution in [3.63, 3.8) is 0 Å². The summed E-state index contributed by atoms with van der Waals surface area (Å²) >= 11 is 2.41. The predicted octanol–water partition coefficient (Wildman–Crippen LogP) is 3.86. The molecule has 2 atom stereocenters. The van der Waals surface area contributed by atoms with Crippen molar-refractivity contribution in [1.29, 1.82) is 0 Å². The summed E-state index contributed by atoms with van der Waals surface area (Å²) in [7, 11) is 0. The number of amidine groups is 1.